The number of ether oxygens (including phenoxy) is 2. The largest absolute Gasteiger partial charge is 0.493 e. The molecular weight excluding hydrogens is 571 g/mol. The number of carbonyl (C=O) groups excluding carboxylic acids is 3. The molecule has 202 valence electrons. The summed E-state index contributed by atoms with van der Waals surface area (Å²) >= 11 is 13.4. The van der Waals surface area contributed by atoms with Crippen molar-refractivity contribution in [1.82, 2.24) is 4.90 Å². The lowest BCUT2D eigenvalue weighted by atomic mass is 10.1. The predicted octanol–water partition coefficient (Wildman–Crippen LogP) is 7.41. The van der Waals surface area contributed by atoms with Gasteiger partial charge < -0.3 is 14.8 Å². The Morgan fingerprint density at radius 1 is 0.975 bits per heavy atom. The molecule has 1 saturated heterocycles. The third-order valence-electron chi connectivity index (χ3n) is 6.12. The van der Waals surface area contributed by atoms with Crippen LogP contribution >= 0.6 is 35.0 Å². The molecule has 1 N–H and O–H groups in total. The standard InChI is InChI=1S/C30H22Cl2N2O5S/c1-38-25-14-18(13-23(32)28(25)39-17-20-9-6-8-19-7-2-3-10-21(19)20)15-26-29(36)34(30(37)40-26)16-27(35)33-24-12-5-4-11-22(24)31/h2-15H,16-17H2,1H3,(H,33,35)/b26-15+. The number of amides is 3. The van der Waals surface area contributed by atoms with Crippen molar-refractivity contribution in [2.24, 2.45) is 0 Å². The molecule has 0 radical (unpaired) electrons. The Kier molecular flexibility index (Phi) is 8.30. The van der Waals surface area contributed by atoms with Gasteiger partial charge in [0.2, 0.25) is 5.91 Å². The molecule has 1 heterocycles. The molecule has 0 spiro atoms. The second kappa shape index (κ2) is 12.0. The molecule has 0 atom stereocenters. The molecule has 5 rings (SSSR count). The molecule has 1 fully saturated rings. The van der Waals surface area contributed by atoms with Crippen LogP contribution in [0.3, 0.4) is 0 Å². The highest BCUT2D eigenvalue weighted by Crippen LogP contribution is 2.39. The van der Waals surface area contributed by atoms with E-state index in [1.54, 1.807) is 36.4 Å². The fourth-order valence-corrected chi connectivity index (χ4v) is 5.51. The summed E-state index contributed by atoms with van der Waals surface area (Å²) in [4.78, 5) is 39.0. The van der Waals surface area contributed by atoms with Crippen molar-refractivity contribution in [2.75, 3.05) is 19.0 Å². The number of benzene rings is 4. The van der Waals surface area contributed by atoms with Crippen molar-refractivity contribution >= 4 is 74.6 Å². The summed E-state index contributed by atoms with van der Waals surface area (Å²) in [6.07, 6.45) is 1.53. The van der Waals surface area contributed by atoms with Gasteiger partial charge in [-0.3, -0.25) is 19.3 Å². The Hall–Kier alpha value is -3.98. The summed E-state index contributed by atoms with van der Waals surface area (Å²) in [5.41, 5.74) is 1.92. The SMILES string of the molecule is COc1cc(/C=C2/SC(=O)N(CC(=O)Nc3ccccc3Cl)C2=O)cc(Cl)c1OCc1cccc2ccccc12. The highest BCUT2D eigenvalue weighted by atomic mass is 35.5. The van der Waals surface area contributed by atoms with E-state index in [0.29, 0.717) is 27.8 Å². The molecule has 0 saturated carbocycles. The van der Waals surface area contributed by atoms with Gasteiger partial charge in [-0.15, -0.1) is 0 Å². The van der Waals surface area contributed by atoms with Gasteiger partial charge in [0.15, 0.2) is 11.5 Å². The number of para-hydroxylation sites is 1. The van der Waals surface area contributed by atoms with Crippen LogP contribution in [0.25, 0.3) is 16.8 Å². The number of anilines is 1. The fraction of sp³-hybridized carbons (Fsp3) is 0.100. The molecular formula is C30H22Cl2N2O5S. The van der Waals surface area contributed by atoms with Crippen LogP contribution in [-0.2, 0) is 16.2 Å². The monoisotopic (exact) mass is 592 g/mol. The third-order valence-corrected chi connectivity index (χ3v) is 7.64. The molecule has 0 aromatic heterocycles. The number of hydrogen-bond donors (Lipinski definition) is 1. The zero-order valence-corrected chi connectivity index (χ0v) is 23.5. The minimum Gasteiger partial charge on any atom is -0.493 e. The van der Waals surface area contributed by atoms with Crippen LogP contribution in [0.4, 0.5) is 10.5 Å². The Labute approximate surface area is 244 Å². The Bertz CT molecular complexity index is 1670. The second-order valence-corrected chi connectivity index (χ2v) is 10.6. The lowest BCUT2D eigenvalue weighted by Crippen LogP contribution is -2.36. The van der Waals surface area contributed by atoms with E-state index in [4.69, 9.17) is 32.7 Å². The van der Waals surface area contributed by atoms with Crippen LogP contribution < -0.4 is 14.8 Å². The Morgan fingerprint density at radius 3 is 2.52 bits per heavy atom. The molecule has 40 heavy (non-hydrogen) atoms. The Morgan fingerprint density at radius 2 is 1.73 bits per heavy atom. The fourth-order valence-electron chi connectivity index (χ4n) is 4.22. The van der Waals surface area contributed by atoms with Gasteiger partial charge in [0, 0.05) is 0 Å². The summed E-state index contributed by atoms with van der Waals surface area (Å²) < 4.78 is 11.6. The summed E-state index contributed by atoms with van der Waals surface area (Å²) in [7, 11) is 1.49. The molecule has 10 heteroatoms. The van der Waals surface area contributed by atoms with Crippen molar-refractivity contribution in [3.63, 3.8) is 0 Å². The summed E-state index contributed by atoms with van der Waals surface area (Å²) in [6, 6.07) is 24.0. The maximum absolute atomic E-state index is 13.0. The molecule has 3 amide bonds. The van der Waals surface area contributed by atoms with Gasteiger partial charge in [-0.2, -0.15) is 0 Å². The number of nitrogens with one attached hydrogen (secondary N) is 1. The van der Waals surface area contributed by atoms with E-state index in [2.05, 4.69) is 5.32 Å². The lowest BCUT2D eigenvalue weighted by molar-refractivity contribution is -0.127. The van der Waals surface area contributed by atoms with Crippen LogP contribution in [-0.4, -0.2) is 35.6 Å². The van der Waals surface area contributed by atoms with Crippen LogP contribution in [0.1, 0.15) is 11.1 Å². The molecule has 0 bridgehead atoms. The van der Waals surface area contributed by atoms with Gasteiger partial charge in [-0.1, -0.05) is 77.8 Å². The van der Waals surface area contributed by atoms with Gasteiger partial charge in [-0.05, 0) is 64.0 Å². The van der Waals surface area contributed by atoms with Crippen molar-refractivity contribution in [3.05, 3.63) is 105 Å². The van der Waals surface area contributed by atoms with Crippen LogP contribution in [0, 0.1) is 0 Å². The van der Waals surface area contributed by atoms with E-state index in [1.807, 2.05) is 42.5 Å². The zero-order valence-electron chi connectivity index (χ0n) is 21.1. The van der Waals surface area contributed by atoms with Gasteiger partial charge in [0.25, 0.3) is 11.1 Å². The number of rotatable bonds is 8. The number of hydrogen-bond acceptors (Lipinski definition) is 6. The quantitative estimate of drug-likeness (QED) is 0.214. The number of fused-ring (bicyclic) bond motifs is 1. The van der Waals surface area contributed by atoms with Gasteiger partial charge in [0.1, 0.15) is 13.2 Å². The molecule has 1 aliphatic rings. The predicted molar refractivity (Wildman–Crippen MR) is 159 cm³/mol. The van der Waals surface area contributed by atoms with E-state index < -0.39 is 23.6 Å². The maximum atomic E-state index is 13.0. The van der Waals surface area contributed by atoms with Crippen LogP contribution in [0.2, 0.25) is 10.0 Å². The van der Waals surface area contributed by atoms with Gasteiger partial charge in [-0.25, -0.2) is 0 Å². The minimum atomic E-state index is -0.587. The first kappa shape index (κ1) is 27.6. The van der Waals surface area contributed by atoms with E-state index in [9.17, 15) is 14.4 Å². The summed E-state index contributed by atoms with van der Waals surface area (Å²) in [5, 5.41) is 4.86. The topological polar surface area (TPSA) is 84.9 Å². The number of nitrogens with zero attached hydrogens (tertiary/aromatic N) is 1. The number of imide groups is 1. The van der Waals surface area contributed by atoms with E-state index in [1.165, 1.54) is 13.2 Å². The maximum Gasteiger partial charge on any atom is 0.294 e. The van der Waals surface area contributed by atoms with Crippen molar-refractivity contribution in [3.8, 4) is 11.5 Å². The van der Waals surface area contributed by atoms with Gasteiger partial charge in [0.05, 0.1) is 27.7 Å². The highest BCUT2D eigenvalue weighted by Gasteiger charge is 2.36. The zero-order chi connectivity index (χ0) is 28.2. The molecule has 4 aromatic rings. The van der Waals surface area contributed by atoms with E-state index >= 15 is 0 Å². The molecule has 0 aliphatic carbocycles. The smallest absolute Gasteiger partial charge is 0.294 e. The minimum absolute atomic E-state index is 0.151. The first-order valence-electron chi connectivity index (χ1n) is 12.1. The average molecular weight is 593 g/mol. The lowest BCUT2D eigenvalue weighted by Gasteiger charge is -2.15. The number of carbonyl (C=O) groups is 3. The van der Waals surface area contributed by atoms with Crippen molar-refractivity contribution < 1.29 is 23.9 Å². The van der Waals surface area contributed by atoms with E-state index in [-0.39, 0.29) is 16.5 Å². The number of methoxy groups -OCH3 is 1. The first-order chi connectivity index (χ1) is 19.3. The molecule has 1 aliphatic heterocycles. The average Bonchev–Trinajstić information content (AvgIpc) is 3.20. The third kappa shape index (κ3) is 5.94. The molecule has 7 nitrogen and oxygen atoms in total. The van der Waals surface area contributed by atoms with Crippen molar-refractivity contribution in [2.45, 2.75) is 6.61 Å². The second-order valence-electron chi connectivity index (χ2n) is 8.76. The summed E-state index contributed by atoms with van der Waals surface area (Å²) in [6.45, 7) is -0.176. The van der Waals surface area contributed by atoms with Gasteiger partial charge >= 0.3 is 0 Å². The number of thioether (sulfide) groups is 1. The molecule has 0 unspecified atom stereocenters. The first-order valence-corrected chi connectivity index (χ1v) is 13.7. The highest BCUT2D eigenvalue weighted by molar-refractivity contribution is 8.18. The van der Waals surface area contributed by atoms with Crippen LogP contribution in [0.15, 0.2) is 83.8 Å². The number of halogens is 2. The Balaban J connectivity index is 1.31. The van der Waals surface area contributed by atoms with Crippen molar-refractivity contribution in [1.29, 1.82) is 0 Å². The summed E-state index contributed by atoms with van der Waals surface area (Å²) in [5.74, 6) is -0.402. The van der Waals surface area contributed by atoms with Crippen LogP contribution in [0.5, 0.6) is 11.5 Å². The van der Waals surface area contributed by atoms with E-state index in [0.717, 1.165) is 33.0 Å². The normalized spacial score (nSPS) is 14.2. The molecule has 4 aromatic carbocycles.